The summed E-state index contributed by atoms with van der Waals surface area (Å²) < 4.78 is 4.44. The fraction of sp³-hybridized carbons (Fsp3) is 1.00. The molecule has 0 aromatic carbocycles. The van der Waals surface area contributed by atoms with Gasteiger partial charge in [0.1, 0.15) is 0 Å². The molecule has 6 heavy (non-hydrogen) atoms. The Morgan fingerprint density at radius 1 is 1.67 bits per heavy atom. The van der Waals surface area contributed by atoms with Gasteiger partial charge >= 0.3 is 0 Å². The molecule has 0 aromatic rings. The van der Waals surface area contributed by atoms with Crippen LogP contribution in [0.4, 0.5) is 0 Å². The van der Waals surface area contributed by atoms with Crippen molar-refractivity contribution < 1.29 is 47.1 Å². The molecule has 44 valence electrons. The van der Waals surface area contributed by atoms with Crippen molar-refractivity contribution >= 4 is 0 Å². The van der Waals surface area contributed by atoms with Crippen LogP contribution in [0.15, 0.2) is 0 Å². The third-order valence-electron chi connectivity index (χ3n) is 0.295. The van der Waals surface area contributed by atoms with Crippen molar-refractivity contribution in [3.8, 4) is 0 Å². The molecule has 0 rings (SSSR count). The monoisotopic (exact) mass is 242 g/mol. The SMILES string of the molecule is COCCO.[Er]. The number of methoxy groups -OCH3 is 1. The van der Waals surface area contributed by atoms with Crippen LogP contribution in [-0.2, 0) is 4.74 Å². The number of rotatable bonds is 2. The molecule has 1 N–H and O–H groups in total. The topological polar surface area (TPSA) is 29.5 Å². The fourth-order valence-electron chi connectivity index (χ4n) is 0.0913. The molecule has 0 saturated heterocycles. The first-order valence-corrected chi connectivity index (χ1v) is 1.51. The van der Waals surface area contributed by atoms with Gasteiger partial charge in [-0.1, -0.05) is 0 Å². The van der Waals surface area contributed by atoms with E-state index < -0.39 is 0 Å². The molecule has 0 spiro atoms. The normalized spacial score (nSPS) is 7.00. The van der Waals surface area contributed by atoms with E-state index in [2.05, 4.69) is 4.74 Å². The van der Waals surface area contributed by atoms with E-state index in [1.54, 1.807) is 7.11 Å². The second-order valence-electron chi connectivity index (χ2n) is 0.716. The number of aliphatic hydroxyl groups excluding tert-OH is 1. The minimum atomic E-state index is 0. The van der Waals surface area contributed by atoms with Gasteiger partial charge in [-0.15, -0.1) is 0 Å². The average Bonchev–Trinajstić information content (AvgIpc) is 1.41. The third kappa shape index (κ3) is 8.95. The van der Waals surface area contributed by atoms with Gasteiger partial charge in [-0.3, -0.25) is 0 Å². The Bertz CT molecular complexity index is 16.3. The first-order valence-electron chi connectivity index (χ1n) is 1.51. The van der Waals surface area contributed by atoms with Gasteiger partial charge in [-0.25, -0.2) is 0 Å². The Morgan fingerprint density at radius 2 is 2.17 bits per heavy atom. The number of ether oxygens (including phenoxy) is 1. The molecule has 3 heteroatoms. The zero-order valence-corrected chi connectivity index (χ0v) is 5.41. The van der Waals surface area contributed by atoms with Crippen molar-refractivity contribution in [1.29, 1.82) is 0 Å². The standard InChI is InChI=1S/C3H8O2.Er/c1-5-3-2-4;/h4H,2-3H2,1H3;. The van der Waals surface area contributed by atoms with Crippen molar-refractivity contribution in [1.82, 2.24) is 0 Å². The van der Waals surface area contributed by atoms with Crippen LogP contribution in [0.25, 0.3) is 0 Å². The van der Waals surface area contributed by atoms with Crippen LogP contribution < -0.4 is 0 Å². The molecule has 0 aliphatic rings. The fourth-order valence-corrected chi connectivity index (χ4v) is 0.0913. The summed E-state index contributed by atoms with van der Waals surface area (Å²) in [6.07, 6.45) is 0. The predicted octanol–water partition coefficient (Wildman–Crippen LogP) is -0.375. The summed E-state index contributed by atoms with van der Waals surface area (Å²) in [4.78, 5) is 0. The van der Waals surface area contributed by atoms with Crippen molar-refractivity contribution in [3.05, 3.63) is 0 Å². The van der Waals surface area contributed by atoms with Crippen LogP contribution in [0.1, 0.15) is 0 Å². The molecule has 0 aromatic heterocycles. The molecule has 0 amide bonds. The van der Waals surface area contributed by atoms with Crippen molar-refractivity contribution in [3.63, 3.8) is 0 Å². The van der Waals surface area contributed by atoms with Gasteiger partial charge in [0.25, 0.3) is 0 Å². The van der Waals surface area contributed by atoms with E-state index in [0.717, 1.165) is 0 Å². The van der Waals surface area contributed by atoms with Gasteiger partial charge < -0.3 is 9.84 Å². The molecule has 0 fully saturated rings. The quantitative estimate of drug-likeness (QED) is 0.717. The smallest absolute Gasteiger partial charge is 0.0693 e. The summed E-state index contributed by atoms with van der Waals surface area (Å²) in [5.74, 6) is 0. The summed E-state index contributed by atoms with van der Waals surface area (Å²) in [5, 5.41) is 7.94. The van der Waals surface area contributed by atoms with E-state index in [-0.39, 0.29) is 43.9 Å². The minimum absolute atomic E-state index is 0. The summed E-state index contributed by atoms with van der Waals surface area (Å²) in [7, 11) is 1.55. The average molecular weight is 243 g/mol. The maximum absolute atomic E-state index is 7.94. The summed E-state index contributed by atoms with van der Waals surface area (Å²) in [6.45, 7) is 0.566. The van der Waals surface area contributed by atoms with E-state index in [4.69, 9.17) is 5.11 Å². The first-order chi connectivity index (χ1) is 2.41. The maximum Gasteiger partial charge on any atom is 0.0693 e. The van der Waals surface area contributed by atoms with E-state index in [9.17, 15) is 0 Å². The van der Waals surface area contributed by atoms with Gasteiger partial charge in [0, 0.05) is 44.4 Å². The minimum Gasteiger partial charge on any atom is -0.394 e. The Hall–Kier alpha value is 1.17. The van der Waals surface area contributed by atoms with Crippen LogP contribution in [0.3, 0.4) is 0 Å². The Labute approximate surface area is 67.1 Å². The molecular weight excluding hydrogens is 235 g/mol. The molecule has 0 atom stereocenters. The number of hydrogen-bond acceptors (Lipinski definition) is 2. The molecule has 0 bridgehead atoms. The van der Waals surface area contributed by atoms with Crippen LogP contribution >= 0.6 is 0 Å². The summed E-state index contributed by atoms with van der Waals surface area (Å²) >= 11 is 0. The predicted molar refractivity (Wildman–Crippen MR) is 19.0 cm³/mol. The van der Waals surface area contributed by atoms with Gasteiger partial charge in [0.15, 0.2) is 0 Å². The molecule has 0 aliphatic carbocycles. The Morgan fingerprint density at radius 3 is 2.17 bits per heavy atom. The van der Waals surface area contributed by atoms with Gasteiger partial charge in [-0.2, -0.15) is 0 Å². The molecular formula is C3H8ErO2. The number of aliphatic hydroxyl groups is 1. The maximum atomic E-state index is 7.94. The van der Waals surface area contributed by atoms with Crippen LogP contribution in [0, 0.1) is 37.3 Å². The molecule has 0 aliphatic heterocycles. The van der Waals surface area contributed by atoms with E-state index in [1.807, 2.05) is 0 Å². The van der Waals surface area contributed by atoms with Crippen molar-refractivity contribution in [2.75, 3.05) is 20.3 Å². The second-order valence-corrected chi connectivity index (χ2v) is 0.716. The Kier molecular flexibility index (Phi) is 16.1. The Balaban J connectivity index is 0. The summed E-state index contributed by atoms with van der Waals surface area (Å²) in [5.41, 5.74) is 0. The van der Waals surface area contributed by atoms with Gasteiger partial charge in [-0.05, 0) is 0 Å². The molecule has 0 heterocycles. The van der Waals surface area contributed by atoms with Crippen molar-refractivity contribution in [2.45, 2.75) is 0 Å². The van der Waals surface area contributed by atoms with E-state index >= 15 is 0 Å². The molecule has 0 saturated carbocycles. The molecule has 0 radical (unpaired) electrons. The number of hydrogen-bond donors (Lipinski definition) is 1. The first kappa shape index (κ1) is 10.2. The second kappa shape index (κ2) is 9.48. The van der Waals surface area contributed by atoms with Gasteiger partial charge in [0.2, 0.25) is 0 Å². The third-order valence-corrected chi connectivity index (χ3v) is 0.295. The summed E-state index contributed by atoms with van der Waals surface area (Å²) in [6, 6.07) is 0. The van der Waals surface area contributed by atoms with E-state index in [0.29, 0.717) is 6.61 Å². The van der Waals surface area contributed by atoms with Crippen LogP contribution in [-0.4, -0.2) is 25.4 Å². The zero-order chi connectivity index (χ0) is 4.12. The van der Waals surface area contributed by atoms with Crippen molar-refractivity contribution in [2.24, 2.45) is 0 Å². The van der Waals surface area contributed by atoms with Crippen LogP contribution in [0.2, 0.25) is 0 Å². The van der Waals surface area contributed by atoms with Crippen LogP contribution in [0.5, 0.6) is 0 Å². The molecule has 2 nitrogen and oxygen atoms in total. The largest absolute Gasteiger partial charge is 0.394 e. The van der Waals surface area contributed by atoms with E-state index in [1.165, 1.54) is 0 Å². The molecule has 0 unspecified atom stereocenters. The van der Waals surface area contributed by atoms with Gasteiger partial charge in [0.05, 0.1) is 13.2 Å². The zero-order valence-electron chi connectivity index (χ0n) is 3.56.